The number of hydrogen-bond donors (Lipinski definition) is 1. The zero-order valence-electron chi connectivity index (χ0n) is 12.9. The number of rotatable bonds is 8. The highest BCUT2D eigenvalue weighted by Gasteiger charge is 2.21. The second-order valence-corrected chi connectivity index (χ2v) is 7.98. The van der Waals surface area contributed by atoms with Gasteiger partial charge in [-0.05, 0) is 24.6 Å². The molecule has 0 saturated carbocycles. The summed E-state index contributed by atoms with van der Waals surface area (Å²) >= 11 is 3.33. The maximum absolute atomic E-state index is 11.9. The molecule has 1 rings (SSSR count). The number of halogens is 1. The predicted molar refractivity (Wildman–Crippen MR) is 88.9 cm³/mol. The third-order valence-electron chi connectivity index (χ3n) is 2.89. The van der Waals surface area contributed by atoms with Gasteiger partial charge >= 0.3 is 0 Å². The van der Waals surface area contributed by atoms with Gasteiger partial charge in [0.25, 0.3) is 0 Å². The number of benzene rings is 1. The van der Waals surface area contributed by atoms with E-state index in [-0.39, 0.29) is 25.0 Å². The number of carbonyl (C=O) groups excluding carboxylic acids is 1. The van der Waals surface area contributed by atoms with Crippen molar-refractivity contribution in [2.75, 3.05) is 26.5 Å². The molecule has 0 aromatic heterocycles. The largest absolute Gasteiger partial charge is 0.383 e. The van der Waals surface area contributed by atoms with Crippen molar-refractivity contribution in [2.45, 2.75) is 19.5 Å². The Kier molecular flexibility index (Phi) is 7.47. The zero-order valence-corrected chi connectivity index (χ0v) is 15.3. The standard InChI is InChI=1S/C14H21BrN2O4S/c1-11(10-21-2)16-14(18)9-17(22(3,19)20)8-12-4-6-13(15)7-5-12/h4-7,11H,8-10H2,1-3H3,(H,16,18)/t11-/m1/s1. The van der Waals surface area contributed by atoms with Crippen molar-refractivity contribution in [2.24, 2.45) is 0 Å². The van der Waals surface area contributed by atoms with Gasteiger partial charge in [0, 0.05) is 24.2 Å². The molecule has 0 radical (unpaired) electrons. The molecule has 0 aliphatic rings. The monoisotopic (exact) mass is 392 g/mol. The molecule has 0 spiro atoms. The zero-order chi connectivity index (χ0) is 16.8. The minimum atomic E-state index is -3.49. The van der Waals surface area contributed by atoms with Gasteiger partial charge < -0.3 is 10.1 Å². The van der Waals surface area contributed by atoms with Gasteiger partial charge in [-0.3, -0.25) is 4.79 Å². The minimum absolute atomic E-state index is 0.151. The Hall–Kier alpha value is -0.960. The number of sulfonamides is 1. The van der Waals surface area contributed by atoms with Gasteiger partial charge in [0.05, 0.1) is 19.4 Å². The minimum Gasteiger partial charge on any atom is -0.383 e. The van der Waals surface area contributed by atoms with E-state index in [1.807, 2.05) is 24.3 Å². The first-order valence-electron chi connectivity index (χ1n) is 6.70. The van der Waals surface area contributed by atoms with Crippen molar-refractivity contribution in [3.63, 3.8) is 0 Å². The number of amides is 1. The molecule has 1 atom stereocenters. The van der Waals surface area contributed by atoms with Crippen LogP contribution in [0.5, 0.6) is 0 Å². The van der Waals surface area contributed by atoms with E-state index < -0.39 is 10.0 Å². The van der Waals surface area contributed by atoms with Crippen LogP contribution in [0.4, 0.5) is 0 Å². The number of carbonyl (C=O) groups is 1. The van der Waals surface area contributed by atoms with Crippen LogP contribution in [-0.4, -0.2) is 51.2 Å². The third-order valence-corrected chi connectivity index (χ3v) is 4.61. The second kappa shape index (κ2) is 8.61. The van der Waals surface area contributed by atoms with Crippen LogP contribution in [0.1, 0.15) is 12.5 Å². The van der Waals surface area contributed by atoms with Crippen molar-refractivity contribution in [3.05, 3.63) is 34.3 Å². The molecule has 1 aromatic carbocycles. The van der Waals surface area contributed by atoms with Gasteiger partial charge in [-0.25, -0.2) is 8.42 Å². The highest BCUT2D eigenvalue weighted by Crippen LogP contribution is 2.13. The average Bonchev–Trinajstić information content (AvgIpc) is 2.39. The Labute approximate surface area is 140 Å². The topological polar surface area (TPSA) is 75.7 Å². The van der Waals surface area contributed by atoms with Crippen molar-refractivity contribution < 1.29 is 17.9 Å². The Morgan fingerprint density at radius 3 is 2.45 bits per heavy atom. The Bertz CT molecular complexity index is 589. The lowest BCUT2D eigenvalue weighted by Crippen LogP contribution is -2.44. The summed E-state index contributed by atoms with van der Waals surface area (Å²) in [6, 6.07) is 7.11. The van der Waals surface area contributed by atoms with Crippen molar-refractivity contribution >= 4 is 31.9 Å². The van der Waals surface area contributed by atoms with Crippen LogP contribution in [0.15, 0.2) is 28.7 Å². The van der Waals surface area contributed by atoms with Crippen LogP contribution in [0.2, 0.25) is 0 Å². The predicted octanol–water partition coefficient (Wildman–Crippen LogP) is 1.36. The van der Waals surface area contributed by atoms with E-state index in [1.165, 1.54) is 0 Å². The van der Waals surface area contributed by atoms with Gasteiger partial charge in [-0.15, -0.1) is 0 Å². The van der Waals surface area contributed by atoms with E-state index >= 15 is 0 Å². The van der Waals surface area contributed by atoms with E-state index in [2.05, 4.69) is 21.2 Å². The summed E-state index contributed by atoms with van der Waals surface area (Å²) < 4.78 is 30.7. The summed E-state index contributed by atoms with van der Waals surface area (Å²) in [4.78, 5) is 11.9. The number of methoxy groups -OCH3 is 1. The number of ether oxygens (including phenoxy) is 1. The van der Waals surface area contributed by atoms with Crippen LogP contribution in [-0.2, 0) is 26.1 Å². The van der Waals surface area contributed by atoms with E-state index in [0.29, 0.717) is 6.61 Å². The van der Waals surface area contributed by atoms with Gasteiger partial charge in [0.2, 0.25) is 15.9 Å². The Morgan fingerprint density at radius 2 is 1.95 bits per heavy atom. The molecule has 0 aliphatic carbocycles. The number of nitrogens with zero attached hydrogens (tertiary/aromatic N) is 1. The molecule has 124 valence electrons. The van der Waals surface area contributed by atoms with Crippen LogP contribution in [0.25, 0.3) is 0 Å². The van der Waals surface area contributed by atoms with Crippen molar-refractivity contribution in [1.29, 1.82) is 0 Å². The van der Waals surface area contributed by atoms with Crippen LogP contribution < -0.4 is 5.32 Å². The van der Waals surface area contributed by atoms with E-state index in [1.54, 1.807) is 14.0 Å². The molecule has 8 heteroatoms. The highest BCUT2D eigenvalue weighted by molar-refractivity contribution is 9.10. The summed E-state index contributed by atoms with van der Waals surface area (Å²) in [6.07, 6.45) is 1.09. The van der Waals surface area contributed by atoms with Crippen LogP contribution in [0.3, 0.4) is 0 Å². The molecular formula is C14H21BrN2O4S. The summed E-state index contributed by atoms with van der Waals surface area (Å²) in [7, 11) is -1.95. The Morgan fingerprint density at radius 1 is 1.36 bits per heavy atom. The van der Waals surface area contributed by atoms with Crippen molar-refractivity contribution in [3.8, 4) is 0 Å². The fourth-order valence-electron chi connectivity index (χ4n) is 1.86. The normalized spacial score (nSPS) is 13.1. The van der Waals surface area contributed by atoms with E-state index in [4.69, 9.17) is 4.74 Å². The van der Waals surface area contributed by atoms with E-state index in [0.717, 1.165) is 20.6 Å². The highest BCUT2D eigenvalue weighted by atomic mass is 79.9. The number of hydrogen-bond acceptors (Lipinski definition) is 4. The fourth-order valence-corrected chi connectivity index (χ4v) is 2.86. The molecule has 1 amide bonds. The molecule has 0 heterocycles. The summed E-state index contributed by atoms with van der Waals surface area (Å²) in [6.45, 7) is 2.10. The maximum Gasteiger partial charge on any atom is 0.235 e. The van der Waals surface area contributed by atoms with Gasteiger partial charge in [-0.2, -0.15) is 4.31 Å². The molecule has 0 unspecified atom stereocenters. The lowest BCUT2D eigenvalue weighted by molar-refractivity contribution is -0.122. The molecule has 22 heavy (non-hydrogen) atoms. The lowest BCUT2D eigenvalue weighted by Gasteiger charge is -2.21. The fraction of sp³-hybridized carbons (Fsp3) is 0.500. The second-order valence-electron chi connectivity index (χ2n) is 5.08. The van der Waals surface area contributed by atoms with Crippen molar-refractivity contribution in [1.82, 2.24) is 9.62 Å². The first kappa shape index (κ1) is 19.1. The van der Waals surface area contributed by atoms with Gasteiger partial charge in [-0.1, -0.05) is 28.1 Å². The Balaban J connectivity index is 2.73. The smallest absolute Gasteiger partial charge is 0.235 e. The number of nitrogens with one attached hydrogen (secondary N) is 1. The molecule has 6 nitrogen and oxygen atoms in total. The van der Waals surface area contributed by atoms with Crippen LogP contribution in [0, 0.1) is 0 Å². The molecule has 0 saturated heterocycles. The molecule has 1 N–H and O–H groups in total. The van der Waals surface area contributed by atoms with Gasteiger partial charge in [0.15, 0.2) is 0 Å². The lowest BCUT2D eigenvalue weighted by atomic mass is 10.2. The molecule has 1 aromatic rings. The molecule has 0 aliphatic heterocycles. The average molecular weight is 393 g/mol. The molecule has 0 bridgehead atoms. The first-order chi connectivity index (χ1) is 10.2. The first-order valence-corrected chi connectivity index (χ1v) is 9.34. The van der Waals surface area contributed by atoms with Crippen LogP contribution >= 0.6 is 15.9 Å². The SMILES string of the molecule is COC[C@@H](C)NC(=O)CN(Cc1ccc(Br)cc1)S(C)(=O)=O. The molecule has 0 fully saturated rings. The summed E-state index contributed by atoms with van der Waals surface area (Å²) in [5.74, 6) is -0.355. The summed E-state index contributed by atoms with van der Waals surface area (Å²) in [5.41, 5.74) is 0.811. The quantitative estimate of drug-likeness (QED) is 0.724. The van der Waals surface area contributed by atoms with E-state index in [9.17, 15) is 13.2 Å². The van der Waals surface area contributed by atoms with Gasteiger partial charge in [0.1, 0.15) is 0 Å². The molecular weight excluding hydrogens is 372 g/mol. The summed E-state index contributed by atoms with van der Waals surface area (Å²) in [5, 5.41) is 2.70. The maximum atomic E-state index is 11.9. The third kappa shape index (κ3) is 6.87.